The van der Waals surface area contributed by atoms with Gasteiger partial charge in [0.25, 0.3) is 0 Å². The van der Waals surface area contributed by atoms with Crippen molar-refractivity contribution < 1.29 is 0 Å². The lowest BCUT2D eigenvalue weighted by atomic mass is 9.99. The maximum atomic E-state index is 2.48. The summed E-state index contributed by atoms with van der Waals surface area (Å²) in [5.41, 5.74) is 2.98. The van der Waals surface area contributed by atoms with Gasteiger partial charge in [-0.15, -0.1) is 22.7 Å². The summed E-state index contributed by atoms with van der Waals surface area (Å²) in [6.07, 6.45) is 21.6. The third kappa shape index (κ3) is 6.99. The molecule has 0 saturated heterocycles. The first-order valence-corrected chi connectivity index (χ1v) is 20.0. The second-order valence-corrected chi connectivity index (χ2v) is 16.0. The van der Waals surface area contributed by atoms with Gasteiger partial charge in [0.05, 0.1) is 0 Å². The summed E-state index contributed by atoms with van der Waals surface area (Å²) in [5, 5.41) is 11.2. The Morgan fingerprint density at radius 3 is 1.15 bits per heavy atom. The van der Waals surface area contributed by atoms with Crippen LogP contribution in [0, 0.1) is 0 Å². The van der Waals surface area contributed by atoms with Gasteiger partial charge in [-0.25, -0.2) is 0 Å². The summed E-state index contributed by atoms with van der Waals surface area (Å²) in [7, 11) is 0. The van der Waals surface area contributed by atoms with Crippen LogP contribution in [0.3, 0.4) is 0 Å². The molecule has 0 fully saturated rings. The van der Waals surface area contributed by atoms with Crippen molar-refractivity contribution in [2.24, 2.45) is 0 Å². The Morgan fingerprint density at radius 1 is 0.348 bits per heavy atom. The van der Waals surface area contributed by atoms with Crippen molar-refractivity contribution in [3.8, 4) is 0 Å². The fourth-order valence-corrected chi connectivity index (χ4v) is 9.83. The molecule has 0 amide bonds. The minimum atomic E-state index is 1.20. The van der Waals surface area contributed by atoms with Gasteiger partial charge in [0.1, 0.15) is 0 Å². The molecule has 0 unspecified atom stereocenters. The topological polar surface area (TPSA) is 0 Å². The first kappa shape index (κ1) is 31.6. The molecular formula is C44H50S2. The van der Waals surface area contributed by atoms with Gasteiger partial charge in [0.2, 0.25) is 0 Å². The van der Waals surface area contributed by atoms with E-state index in [0.717, 1.165) is 0 Å². The van der Waals surface area contributed by atoms with Crippen molar-refractivity contribution in [3.05, 3.63) is 83.9 Å². The molecule has 46 heavy (non-hydrogen) atoms. The van der Waals surface area contributed by atoms with Crippen LogP contribution >= 0.6 is 22.7 Å². The Labute approximate surface area is 283 Å². The summed E-state index contributed by atoms with van der Waals surface area (Å²) in [6, 6.07) is 29.1. The molecule has 238 valence electrons. The fraction of sp³-hybridized carbons (Fsp3) is 0.409. The Bertz CT molecular complexity index is 1940. The third-order valence-corrected chi connectivity index (χ3v) is 12.5. The minimum Gasteiger partial charge on any atom is -0.135 e. The van der Waals surface area contributed by atoms with Crippen LogP contribution in [0.2, 0.25) is 0 Å². The van der Waals surface area contributed by atoms with E-state index in [1.165, 1.54) is 176 Å². The minimum absolute atomic E-state index is 1.20. The van der Waals surface area contributed by atoms with E-state index in [2.05, 4.69) is 86.6 Å². The number of aryl methyl sites for hydroxylation is 2. The third-order valence-electron chi connectivity index (χ3n) is 10.2. The van der Waals surface area contributed by atoms with Gasteiger partial charge in [-0.1, -0.05) is 127 Å². The van der Waals surface area contributed by atoms with Crippen molar-refractivity contribution in [2.45, 2.75) is 117 Å². The zero-order valence-electron chi connectivity index (χ0n) is 28.1. The van der Waals surface area contributed by atoms with Gasteiger partial charge in [0, 0.05) is 40.3 Å². The summed E-state index contributed by atoms with van der Waals surface area (Å²) in [6.45, 7) is 4.59. The predicted octanol–water partition coefficient (Wildman–Crippen LogP) is 15.3. The van der Waals surface area contributed by atoms with Gasteiger partial charge in [-0.2, -0.15) is 0 Å². The number of hydrogen-bond donors (Lipinski definition) is 0. The van der Waals surface area contributed by atoms with E-state index in [0.29, 0.717) is 0 Å². The van der Waals surface area contributed by atoms with E-state index in [-0.39, 0.29) is 0 Å². The predicted molar refractivity (Wildman–Crippen MR) is 211 cm³/mol. The fourth-order valence-electron chi connectivity index (χ4n) is 7.51. The molecule has 0 saturated carbocycles. The monoisotopic (exact) mass is 642 g/mol. The number of benzene rings is 5. The molecule has 2 aromatic heterocycles. The molecule has 7 aromatic rings. The van der Waals surface area contributed by atoms with Crippen LogP contribution in [0.1, 0.15) is 115 Å². The quantitative estimate of drug-likeness (QED) is 0.0920. The Hall–Kier alpha value is -2.94. The van der Waals surface area contributed by atoms with E-state index >= 15 is 0 Å². The van der Waals surface area contributed by atoms with E-state index in [9.17, 15) is 0 Å². The molecule has 7 rings (SSSR count). The number of hydrogen-bond acceptors (Lipinski definition) is 2. The summed E-state index contributed by atoms with van der Waals surface area (Å²) < 4.78 is 5.64. The van der Waals surface area contributed by atoms with E-state index in [1.807, 2.05) is 22.7 Å². The molecule has 0 nitrogen and oxygen atoms in total. The average Bonchev–Trinajstić information content (AvgIpc) is 3.59. The smallest absolute Gasteiger partial charge is 0.0362 e. The van der Waals surface area contributed by atoms with Crippen LogP contribution in [-0.4, -0.2) is 0 Å². The van der Waals surface area contributed by atoms with Crippen molar-refractivity contribution in [2.75, 3.05) is 0 Å². The lowest BCUT2D eigenvalue weighted by Gasteiger charge is -2.05. The molecule has 0 aliphatic carbocycles. The normalized spacial score (nSPS) is 12.2. The van der Waals surface area contributed by atoms with Crippen LogP contribution in [-0.2, 0) is 12.8 Å². The average molecular weight is 643 g/mol. The first-order chi connectivity index (χ1) is 22.7. The lowest BCUT2D eigenvalue weighted by Crippen LogP contribution is -1.87. The summed E-state index contributed by atoms with van der Waals surface area (Å²) >= 11 is 3.93. The van der Waals surface area contributed by atoms with E-state index < -0.39 is 0 Å². The van der Waals surface area contributed by atoms with Crippen molar-refractivity contribution in [1.82, 2.24) is 0 Å². The zero-order valence-corrected chi connectivity index (χ0v) is 29.7. The molecule has 0 radical (unpaired) electrons. The van der Waals surface area contributed by atoms with Gasteiger partial charge >= 0.3 is 0 Å². The number of fused-ring (bicyclic) bond motifs is 8. The van der Waals surface area contributed by atoms with Crippen molar-refractivity contribution in [1.29, 1.82) is 0 Å². The molecular weight excluding hydrogens is 593 g/mol. The lowest BCUT2D eigenvalue weighted by molar-refractivity contribution is 0.589. The van der Waals surface area contributed by atoms with Crippen LogP contribution in [0.25, 0.3) is 61.9 Å². The molecule has 0 spiro atoms. The molecule has 2 heterocycles. The SMILES string of the molecule is CCCCCCCCCc1ccc2cc3c(cc2c1)sc1cc2c(cc13)sc1cc3cc(CCCCCCCCC)ccc3cc12. The molecule has 0 atom stereocenters. The summed E-state index contributed by atoms with van der Waals surface area (Å²) in [5.74, 6) is 0. The molecule has 0 aliphatic rings. The zero-order chi connectivity index (χ0) is 31.3. The molecule has 0 N–H and O–H groups in total. The second-order valence-electron chi connectivity index (χ2n) is 13.9. The first-order valence-electron chi connectivity index (χ1n) is 18.4. The van der Waals surface area contributed by atoms with Crippen molar-refractivity contribution >= 4 is 84.6 Å². The molecule has 2 heteroatoms. The highest BCUT2D eigenvalue weighted by molar-refractivity contribution is 7.27. The van der Waals surface area contributed by atoms with Gasteiger partial charge in [-0.3, -0.25) is 0 Å². The van der Waals surface area contributed by atoms with Crippen LogP contribution in [0.4, 0.5) is 0 Å². The van der Waals surface area contributed by atoms with Gasteiger partial charge in [0.15, 0.2) is 0 Å². The number of rotatable bonds is 16. The molecule has 0 bridgehead atoms. The molecule has 5 aromatic carbocycles. The second kappa shape index (κ2) is 14.9. The molecule has 0 aliphatic heterocycles. The number of thiophene rings is 2. The number of unbranched alkanes of at least 4 members (excludes halogenated alkanes) is 12. The Morgan fingerprint density at radius 2 is 0.717 bits per heavy atom. The maximum Gasteiger partial charge on any atom is 0.0362 e. The van der Waals surface area contributed by atoms with Gasteiger partial charge in [-0.05, 0) is 94.8 Å². The highest BCUT2D eigenvalue weighted by Crippen LogP contribution is 2.43. The van der Waals surface area contributed by atoms with Crippen LogP contribution in [0.5, 0.6) is 0 Å². The standard InChI is InChI=1S/C44H50S2/c1-3-5-7-9-11-13-15-17-31-19-21-33-25-37-39-29-44-40(30-43(39)45-41(37)27-35(33)23-31)38-26-34-22-20-32(24-36(34)28-42(38)46-44)18-16-14-12-10-8-6-4-2/h19-30H,3-18H2,1-2H3. The largest absolute Gasteiger partial charge is 0.135 e. The van der Waals surface area contributed by atoms with Crippen LogP contribution in [0.15, 0.2) is 72.8 Å². The summed E-state index contributed by atoms with van der Waals surface area (Å²) in [4.78, 5) is 0. The van der Waals surface area contributed by atoms with E-state index in [4.69, 9.17) is 0 Å². The van der Waals surface area contributed by atoms with Crippen molar-refractivity contribution in [3.63, 3.8) is 0 Å². The Kier molecular flexibility index (Phi) is 10.2. The van der Waals surface area contributed by atoms with Gasteiger partial charge < -0.3 is 0 Å². The van der Waals surface area contributed by atoms with E-state index in [1.54, 1.807) is 0 Å². The maximum absolute atomic E-state index is 2.48. The highest BCUT2D eigenvalue weighted by atomic mass is 32.1. The Balaban J connectivity index is 1.10. The van der Waals surface area contributed by atoms with Crippen LogP contribution < -0.4 is 0 Å². The highest BCUT2D eigenvalue weighted by Gasteiger charge is 2.13.